The number of aryl methyl sites for hydroxylation is 2. The first-order chi connectivity index (χ1) is 15.4. The van der Waals surface area contributed by atoms with E-state index in [9.17, 15) is 18.4 Å². The first kappa shape index (κ1) is 21.8. The Morgan fingerprint density at radius 1 is 1.09 bits per heavy atom. The highest BCUT2D eigenvalue weighted by atomic mass is 32.1. The predicted octanol–water partition coefficient (Wildman–Crippen LogP) is 4.92. The third kappa shape index (κ3) is 4.72. The van der Waals surface area contributed by atoms with Crippen LogP contribution in [0.25, 0.3) is 10.4 Å². The Morgan fingerprint density at radius 3 is 2.66 bits per heavy atom. The summed E-state index contributed by atoms with van der Waals surface area (Å²) in [6.45, 7) is -3.58. The van der Waals surface area contributed by atoms with Gasteiger partial charge in [-0.2, -0.15) is 8.78 Å². The minimum atomic E-state index is -3.03. The van der Waals surface area contributed by atoms with Crippen molar-refractivity contribution in [3.8, 4) is 21.9 Å². The number of rotatable bonds is 7. The first-order valence-electron chi connectivity index (χ1n) is 9.75. The summed E-state index contributed by atoms with van der Waals surface area (Å²) in [5.41, 5.74) is 3.33. The third-order valence-electron chi connectivity index (χ3n) is 4.94. The molecule has 1 aliphatic rings. The average Bonchev–Trinajstić information content (AvgIpc) is 3.23. The number of para-hydroxylation sites is 2. The molecule has 1 aromatic heterocycles. The highest BCUT2D eigenvalue weighted by Crippen LogP contribution is 2.41. The van der Waals surface area contributed by atoms with Crippen molar-refractivity contribution in [1.82, 2.24) is 0 Å². The monoisotopic (exact) mass is 459 g/mol. The number of thiophene rings is 1. The lowest BCUT2D eigenvalue weighted by Gasteiger charge is -2.16. The van der Waals surface area contributed by atoms with Gasteiger partial charge in [-0.1, -0.05) is 12.1 Å². The first-order valence-corrected chi connectivity index (χ1v) is 10.6. The van der Waals surface area contributed by atoms with E-state index in [1.807, 2.05) is 18.2 Å². The molecular weight excluding hydrogens is 440 g/mol. The molecule has 0 spiro atoms. The number of alkyl halides is 2. The smallest absolute Gasteiger partial charge is 0.387 e. The SMILES string of the molecule is COc1ccc2c(c1)CCc1cc(C(=O)OCC(=O)Nc3ccccc3OC(F)F)sc1-2. The van der Waals surface area contributed by atoms with E-state index >= 15 is 0 Å². The number of ether oxygens (including phenoxy) is 3. The van der Waals surface area contributed by atoms with Gasteiger partial charge in [0.1, 0.15) is 16.4 Å². The van der Waals surface area contributed by atoms with Crippen LogP contribution in [0.4, 0.5) is 14.5 Å². The number of methoxy groups -OCH3 is 1. The number of carbonyl (C=O) groups is 2. The van der Waals surface area contributed by atoms with Crippen LogP contribution < -0.4 is 14.8 Å². The summed E-state index contributed by atoms with van der Waals surface area (Å²) in [4.78, 5) is 26.1. The van der Waals surface area contributed by atoms with E-state index in [2.05, 4.69) is 10.1 Å². The molecule has 0 fully saturated rings. The summed E-state index contributed by atoms with van der Waals surface area (Å²) in [5, 5.41) is 2.41. The van der Waals surface area contributed by atoms with Crippen molar-refractivity contribution in [2.75, 3.05) is 19.0 Å². The quantitative estimate of drug-likeness (QED) is 0.508. The number of esters is 1. The van der Waals surface area contributed by atoms with E-state index in [1.54, 1.807) is 19.2 Å². The zero-order valence-electron chi connectivity index (χ0n) is 17.0. The van der Waals surface area contributed by atoms with Crippen LogP contribution in [0.3, 0.4) is 0 Å². The number of amides is 1. The molecule has 1 heterocycles. The molecule has 2 aromatic carbocycles. The maximum Gasteiger partial charge on any atom is 0.387 e. The van der Waals surface area contributed by atoms with Crippen molar-refractivity contribution in [2.24, 2.45) is 0 Å². The molecule has 0 atom stereocenters. The van der Waals surface area contributed by atoms with Gasteiger partial charge >= 0.3 is 12.6 Å². The van der Waals surface area contributed by atoms with Gasteiger partial charge in [0, 0.05) is 4.88 Å². The maximum absolute atomic E-state index is 12.5. The topological polar surface area (TPSA) is 73.9 Å². The van der Waals surface area contributed by atoms with Gasteiger partial charge in [-0.05, 0) is 65.9 Å². The number of nitrogens with one attached hydrogen (secondary N) is 1. The van der Waals surface area contributed by atoms with E-state index in [1.165, 1.54) is 29.5 Å². The summed E-state index contributed by atoms with van der Waals surface area (Å²) in [6, 6.07) is 13.4. The highest BCUT2D eigenvalue weighted by Gasteiger charge is 2.23. The lowest BCUT2D eigenvalue weighted by Crippen LogP contribution is -2.21. The van der Waals surface area contributed by atoms with E-state index in [0.717, 1.165) is 40.2 Å². The van der Waals surface area contributed by atoms with Crippen molar-refractivity contribution in [3.05, 3.63) is 64.5 Å². The van der Waals surface area contributed by atoms with Crippen molar-refractivity contribution in [2.45, 2.75) is 19.5 Å². The molecule has 4 rings (SSSR count). The molecule has 6 nitrogen and oxygen atoms in total. The third-order valence-corrected chi connectivity index (χ3v) is 6.13. The summed E-state index contributed by atoms with van der Waals surface area (Å²) < 4.78 is 39.8. The summed E-state index contributed by atoms with van der Waals surface area (Å²) in [6.07, 6.45) is 1.63. The fourth-order valence-electron chi connectivity index (χ4n) is 3.49. The van der Waals surface area contributed by atoms with E-state index < -0.39 is 25.1 Å². The number of halogens is 2. The normalized spacial score (nSPS) is 12.0. The molecule has 0 saturated carbocycles. The lowest BCUT2D eigenvalue weighted by atomic mass is 9.91. The Balaban J connectivity index is 1.41. The van der Waals surface area contributed by atoms with Crippen LogP contribution in [0.1, 0.15) is 20.8 Å². The van der Waals surface area contributed by atoms with Crippen LogP contribution in [0.2, 0.25) is 0 Å². The van der Waals surface area contributed by atoms with E-state index in [0.29, 0.717) is 4.88 Å². The molecule has 0 bridgehead atoms. The summed E-state index contributed by atoms with van der Waals surface area (Å²) in [7, 11) is 1.62. The van der Waals surface area contributed by atoms with Crippen molar-refractivity contribution in [3.63, 3.8) is 0 Å². The molecule has 9 heteroatoms. The fraction of sp³-hybridized carbons (Fsp3) is 0.217. The average molecular weight is 459 g/mol. The van der Waals surface area contributed by atoms with Gasteiger partial charge < -0.3 is 19.5 Å². The van der Waals surface area contributed by atoms with Crippen LogP contribution in [0.5, 0.6) is 11.5 Å². The number of benzene rings is 2. The minimum Gasteiger partial charge on any atom is -0.497 e. The summed E-state index contributed by atoms with van der Waals surface area (Å²) in [5.74, 6) is -0.674. The van der Waals surface area contributed by atoms with Crippen molar-refractivity contribution >= 4 is 28.9 Å². The molecule has 1 amide bonds. The maximum atomic E-state index is 12.5. The van der Waals surface area contributed by atoms with Gasteiger partial charge in [0.2, 0.25) is 0 Å². The molecule has 0 unspecified atom stereocenters. The van der Waals surface area contributed by atoms with E-state index in [4.69, 9.17) is 9.47 Å². The Labute approximate surface area is 186 Å². The highest BCUT2D eigenvalue weighted by molar-refractivity contribution is 7.17. The Hall–Kier alpha value is -3.46. The molecule has 0 aliphatic heterocycles. The molecule has 166 valence electrons. The van der Waals surface area contributed by atoms with Crippen LogP contribution in [0, 0.1) is 0 Å². The summed E-state index contributed by atoms with van der Waals surface area (Å²) >= 11 is 1.31. The van der Waals surface area contributed by atoms with Gasteiger partial charge in [-0.25, -0.2) is 4.79 Å². The van der Waals surface area contributed by atoms with Crippen molar-refractivity contribution in [1.29, 1.82) is 0 Å². The molecule has 3 aromatic rings. The van der Waals surface area contributed by atoms with Crippen molar-refractivity contribution < 1.29 is 32.6 Å². The Morgan fingerprint density at radius 2 is 1.88 bits per heavy atom. The molecule has 1 N–H and O–H groups in total. The van der Waals surface area contributed by atoms with Crippen LogP contribution >= 0.6 is 11.3 Å². The zero-order valence-corrected chi connectivity index (χ0v) is 17.8. The second kappa shape index (κ2) is 9.35. The number of hydrogen-bond donors (Lipinski definition) is 1. The molecule has 32 heavy (non-hydrogen) atoms. The second-order valence-electron chi connectivity index (χ2n) is 6.99. The number of hydrogen-bond acceptors (Lipinski definition) is 6. The number of anilines is 1. The van der Waals surface area contributed by atoms with Gasteiger partial charge in [0.15, 0.2) is 6.61 Å². The van der Waals surface area contributed by atoms with Gasteiger partial charge in [-0.3, -0.25) is 4.79 Å². The Bertz CT molecular complexity index is 1160. The zero-order chi connectivity index (χ0) is 22.7. The fourth-order valence-corrected chi connectivity index (χ4v) is 4.66. The second-order valence-corrected chi connectivity index (χ2v) is 8.04. The van der Waals surface area contributed by atoms with Gasteiger partial charge in [0.05, 0.1) is 12.8 Å². The van der Waals surface area contributed by atoms with Gasteiger partial charge in [0.25, 0.3) is 5.91 Å². The van der Waals surface area contributed by atoms with Gasteiger partial charge in [-0.15, -0.1) is 11.3 Å². The minimum absolute atomic E-state index is 0.0625. The number of fused-ring (bicyclic) bond motifs is 3. The standard InChI is InChI=1S/C23H19F2NO5S/c1-29-15-8-9-16-13(10-15)6-7-14-11-19(32-21(14)16)22(28)30-12-20(27)26-17-4-2-3-5-18(17)31-23(24)25/h2-5,8-11,23H,6-7,12H2,1H3,(H,26,27). The molecular formula is C23H19F2NO5S. The molecule has 1 aliphatic carbocycles. The predicted molar refractivity (Wildman–Crippen MR) is 116 cm³/mol. The molecule has 0 radical (unpaired) electrons. The van der Waals surface area contributed by atoms with Crippen LogP contribution in [0.15, 0.2) is 48.5 Å². The van der Waals surface area contributed by atoms with Crippen LogP contribution in [-0.2, 0) is 22.4 Å². The van der Waals surface area contributed by atoms with Crippen LogP contribution in [-0.4, -0.2) is 32.2 Å². The van der Waals surface area contributed by atoms with E-state index in [-0.39, 0.29) is 11.4 Å². The molecule has 0 saturated heterocycles. The number of carbonyl (C=O) groups excluding carboxylic acids is 2. The Kier molecular flexibility index (Phi) is 6.36. The lowest BCUT2D eigenvalue weighted by molar-refractivity contribution is -0.119. The largest absolute Gasteiger partial charge is 0.497 e.